The first-order valence-electron chi connectivity index (χ1n) is 6.77. The van der Waals surface area contributed by atoms with Crippen LogP contribution < -0.4 is 0 Å². The van der Waals surface area contributed by atoms with E-state index < -0.39 is 5.60 Å². The molecule has 0 N–H and O–H groups in total. The van der Waals surface area contributed by atoms with Crippen molar-refractivity contribution in [3.05, 3.63) is 5.82 Å². The highest BCUT2D eigenvalue weighted by Crippen LogP contribution is 2.12. The molecule has 0 radical (unpaired) electrons. The molecule has 0 spiro atoms. The lowest BCUT2D eigenvalue weighted by molar-refractivity contribution is 0.0139. The number of amides is 2. The Morgan fingerprint density at radius 2 is 1.67 bits per heavy atom. The molecule has 0 bridgehead atoms. The highest BCUT2D eigenvalue weighted by atomic mass is 16.6. The molecule has 0 saturated carbocycles. The first-order valence-corrected chi connectivity index (χ1v) is 6.77. The minimum Gasteiger partial charge on any atom is -0.444 e. The van der Waals surface area contributed by atoms with Gasteiger partial charge in [0.05, 0.1) is 7.05 Å². The summed E-state index contributed by atoms with van der Waals surface area (Å²) < 4.78 is 5.31. The first-order chi connectivity index (χ1) is 9.76. The molecule has 0 atom stereocenters. The van der Waals surface area contributed by atoms with Gasteiger partial charge in [-0.25, -0.2) is 4.79 Å². The van der Waals surface area contributed by atoms with Gasteiger partial charge in [-0.15, -0.1) is 10.2 Å². The summed E-state index contributed by atoms with van der Waals surface area (Å²) in [6.45, 7) is 7.19. The van der Waals surface area contributed by atoms with Crippen LogP contribution in [0.5, 0.6) is 0 Å². The Morgan fingerprint density at radius 3 is 2.14 bits per heavy atom. The van der Waals surface area contributed by atoms with Crippen molar-refractivity contribution in [1.29, 1.82) is 0 Å². The van der Waals surface area contributed by atoms with Crippen molar-refractivity contribution < 1.29 is 14.3 Å². The van der Waals surface area contributed by atoms with Gasteiger partial charge < -0.3 is 14.5 Å². The summed E-state index contributed by atoms with van der Waals surface area (Å²) in [5.74, 6) is -0.199. The summed E-state index contributed by atoms with van der Waals surface area (Å²) in [7, 11) is 1.60. The lowest BCUT2D eigenvalue weighted by Gasteiger charge is -2.35. The van der Waals surface area contributed by atoms with E-state index in [0.717, 1.165) is 0 Å². The van der Waals surface area contributed by atoms with Crippen molar-refractivity contribution >= 4 is 12.0 Å². The minimum absolute atomic E-state index is 0.0724. The van der Waals surface area contributed by atoms with Gasteiger partial charge >= 0.3 is 6.09 Å². The summed E-state index contributed by atoms with van der Waals surface area (Å²) in [4.78, 5) is 28.5. The fourth-order valence-corrected chi connectivity index (χ4v) is 1.93. The zero-order chi connectivity index (χ0) is 15.6. The Kier molecular flexibility index (Phi) is 4.10. The monoisotopic (exact) mass is 296 g/mol. The zero-order valence-corrected chi connectivity index (χ0v) is 12.7. The van der Waals surface area contributed by atoms with Crippen molar-refractivity contribution in [2.45, 2.75) is 26.4 Å². The van der Waals surface area contributed by atoms with Gasteiger partial charge in [0.2, 0.25) is 0 Å². The average Bonchev–Trinajstić information content (AvgIpc) is 2.83. The number of tetrazole rings is 1. The highest BCUT2D eigenvalue weighted by Gasteiger charge is 2.29. The van der Waals surface area contributed by atoms with Crippen LogP contribution in [0.2, 0.25) is 0 Å². The number of carbonyl (C=O) groups excluding carboxylic acids is 2. The average molecular weight is 296 g/mol. The molecule has 1 saturated heterocycles. The fourth-order valence-electron chi connectivity index (χ4n) is 1.93. The topological polar surface area (TPSA) is 93.5 Å². The van der Waals surface area contributed by atoms with Crippen LogP contribution in [-0.4, -0.2) is 73.8 Å². The first kappa shape index (κ1) is 15.2. The predicted molar refractivity (Wildman–Crippen MR) is 72.5 cm³/mol. The van der Waals surface area contributed by atoms with Crippen molar-refractivity contribution in [2.24, 2.45) is 7.05 Å². The highest BCUT2D eigenvalue weighted by molar-refractivity contribution is 5.90. The summed E-state index contributed by atoms with van der Waals surface area (Å²) in [6.07, 6.45) is -0.354. The van der Waals surface area contributed by atoms with Crippen LogP contribution in [0.4, 0.5) is 4.79 Å². The van der Waals surface area contributed by atoms with E-state index in [1.165, 1.54) is 4.80 Å². The molecule has 116 valence electrons. The number of carbonyl (C=O) groups is 2. The zero-order valence-electron chi connectivity index (χ0n) is 12.7. The van der Waals surface area contributed by atoms with E-state index in [0.29, 0.717) is 26.2 Å². The third-order valence-electron chi connectivity index (χ3n) is 2.92. The second-order valence-corrected chi connectivity index (χ2v) is 5.86. The van der Waals surface area contributed by atoms with E-state index in [1.807, 2.05) is 20.8 Å². The third kappa shape index (κ3) is 3.89. The molecule has 2 heterocycles. The standard InChI is InChI=1S/C12H20N6O3/c1-12(2,3)21-11(20)18-7-5-17(6-8-18)10(19)9-13-15-16(4)14-9/h5-8H2,1-4H3. The van der Waals surface area contributed by atoms with Gasteiger partial charge in [-0.1, -0.05) is 0 Å². The van der Waals surface area contributed by atoms with Crippen molar-refractivity contribution in [3.63, 3.8) is 0 Å². The smallest absolute Gasteiger partial charge is 0.410 e. The Bertz CT molecular complexity index is 527. The Hall–Kier alpha value is -2.19. The number of ether oxygens (including phenoxy) is 1. The normalized spacial score (nSPS) is 16.0. The summed E-state index contributed by atoms with van der Waals surface area (Å²) >= 11 is 0. The molecule has 1 fully saturated rings. The van der Waals surface area contributed by atoms with Crippen molar-refractivity contribution in [2.75, 3.05) is 26.2 Å². The van der Waals surface area contributed by atoms with E-state index in [4.69, 9.17) is 4.74 Å². The van der Waals surface area contributed by atoms with Crippen LogP contribution in [0.15, 0.2) is 0 Å². The minimum atomic E-state index is -0.520. The maximum Gasteiger partial charge on any atom is 0.410 e. The summed E-state index contributed by atoms with van der Waals surface area (Å²) in [5.41, 5.74) is -0.520. The number of rotatable bonds is 1. The Morgan fingerprint density at radius 1 is 1.10 bits per heavy atom. The third-order valence-corrected chi connectivity index (χ3v) is 2.92. The number of hydrogen-bond acceptors (Lipinski definition) is 6. The van der Waals surface area contributed by atoms with Gasteiger partial charge in [0.15, 0.2) is 0 Å². The van der Waals surface area contributed by atoms with E-state index in [1.54, 1.807) is 16.8 Å². The number of nitrogens with zero attached hydrogens (tertiary/aromatic N) is 6. The molecule has 1 aliphatic heterocycles. The largest absolute Gasteiger partial charge is 0.444 e. The van der Waals surface area contributed by atoms with Crippen LogP contribution in [0.1, 0.15) is 31.4 Å². The van der Waals surface area contributed by atoms with Crippen LogP contribution in [0, 0.1) is 0 Å². The molecule has 0 aromatic carbocycles. The molecule has 2 amide bonds. The summed E-state index contributed by atoms with van der Waals surface area (Å²) in [6, 6.07) is 0. The fraction of sp³-hybridized carbons (Fsp3) is 0.750. The van der Waals surface area contributed by atoms with Gasteiger partial charge in [0, 0.05) is 26.2 Å². The Labute approximate surface area is 122 Å². The summed E-state index contributed by atoms with van der Waals surface area (Å²) in [5, 5.41) is 11.2. The number of hydrogen-bond donors (Lipinski definition) is 0. The van der Waals surface area contributed by atoms with E-state index >= 15 is 0 Å². The van der Waals surface area contributed by atoms with Gasteiger partial charge in [-0.3, -0.25) is 4.79 Å². The Balaban J connectivity index is 1.88. The molecular weight excluding hydrogens is 276 g/mol. The molecule has 9 heteroatoms. The molecule has 1 aromatic heterocycles. The van der Waals surface area contributed by atoms with Gasteiger partial charge in [-0.2, -0.15) is 4.80 Å². The van der Waals surface area contributed by atoms with Gasteiger partial charge in [-0.05, 0) is 26.0 Å². The second kappa shape index (κ2) is 5.66. The molecule has 2 rings (SSSR count). The van der Waals surface area contributed by atoms with E-state index in [2.05, 4.69) is 15.4 Å². The molecule has 9 nitrogen and oxygen atoms in total. The maximum absolute atomic E-state index is 12.1. The van der Waals surface area contributed by atoms with Crippen molar-refractivity contribution in [3.8, 4) is 0 Å². The van der Waals surface area contributed by atoms with Gasteiger partial charge in [0.1, 0.15) is 5.60 Å². The predicted octanol–water partition coefficient (Wildman–Crippen LogP) is -0.0970. The number of piperazine rings is 1. The molecule has 1 aliphatic rings. The van der Waals surface area contributed by atoms with Crippen LogP contribution in [0.3, 0.4) is 0 Å². The van der Waals surface area contributed by atoms with Gasteiger partial charge in [0.25, 0.3) is 11.7 Å². The SMILES string of the molecule is Cn1nnc(C(=O)N2CCN(C(=O)OC(C)(C)C)CC2)n1. The lowest BCUT2D eigenvalue weighted by Crippen LogP contribution is -2.51. The van der Waals surface area contributed by atoms with E-state index in [9.17, 15) is 9.59 Å². The van der Waals surface area contributed by atoms with Crippen LogP contribution in [0.25, 0.3) is 0 Å². The lowest BCUT2D eigenvalue weighted by atomic mass is 10.2. The molecule has 21 heavy (non-hydrogen) atoms. The molecule has 1 aromatic rings. The van der Waals surface area contributed by atoms with Crippen LogP contribution >= 0.6 is 0 Å². The molecule has 0 unspecified atom stereocenters. The molecular formula is C12H20N6O3. The van der Waals surface area contributed by atoms with E-state index in [-0.39, 0.29) is 17.8 Å². The van der Waals surface area contributed by atoms with Crippen LogP contribution in [-0.2, 0) is 11.8 Å². The number of aromatic nitrogens is 4. The molecule has 0 aliphatic carbocycles. The number of aryl methyl sites for hydroxylation is 1. The van der Waals surface area contributed by atoms with Crippen molar-refractivity contribution in [1.82, 2.24) is 30.0 Å². The maximum atomic E-state index is 12.1. The second-order valence-electron chi connectivity index (χ2n) is 5.86. The quantitative estimate of drug-likeness (QED) is 0.718.